The zero-order valence-corrected chi connectivity index (χ0v) is 19.0. The Kier molecular flexibility index (Phi) is 7.44. The van der Waals surface area contributed by atoms with Gasteiger partial charge in [0.25, 0.3) is 11.8 Å². The standard InChI is InChI=1S/C23H19Cl3N2O3/c1-13-20(26)4-3-5-21(13)28-23(30)15-6-8-19(9-7-15)31-14(2)22(29)27-18-11-16(24)10-17(25)12-18/h3-12,14H,1-2H3,(H,27,29)(H,28,30). The summed E-state index contributed by atoms with van der Waals surface area (Å²) in [6.45, 7) is 3.45. The van der Waals surface area contributed by atoms with Crippen molar-refractivity contribution in [2.24, 2.45) is 0 Å². The van der Waals surface area contributed by atoms with Crippen molar-refractivity contribution < 1.29 is 14.3 Å². The van der Waals surface area contributed by atoms with Gasteiger partial charge in [0.15, 0.2) is 6.10 Å². The number of carbonyl (C=O) groups is 2. The van der Waals surface area contributed by atoms with Gasteiger partial charge < -0.3 is 15.4 Å². The van der Waals surface area contributed by atoms with Crippen LogP contribution in [-0.4, -0.2) is 17.9 Å². The van der Waals surface area contributed by atoms with Gasteiger partial charge in [-0.05, 0) is 74.0 Å². The summed E-state index contributed by atoms with van der Waals surface area (Å²) in [6.07, 6.45) is -0.786. The number of nitrogens with one attached hydrogen (secondary N) is 2. The van der Waals surface area contributed by atoms with Gasteiger partial charge in [0.1, 0.15) is 5.75 Å². The maximum absolute atomic E-state index is 12.5. The van der Waals surface area contributed by atoms with E-state index in [1.807, 2.05) is 6.92 Å². The van der Waals surface area contributed by atoms with E-state index in [0.29, 0.717) is 37.8 Å². The lowest BCUT2D eigenvalue weighted by Gasteiger charge is -2.15. The van der Waals surface area contributed by atoms with Gasteiger partial charge in [-0.3, -0.25) is 9.59 Å². The Morgan fingerprint density at radius 3 is 2.19 bits per heavy atom. The minimum absolute atomic E-state index is 0.277. The van der Waals surface area contributed by atoms with E-state index in [1.54, 1.807) is 67.6 Å². The number of hydrogen-bond acceptors (Lipinski definition) is 3. The molecule has 0 aromatic heterocycles. The van der Waals surface area contributed by atoms with Crippen LogP contribution in [-0.2, 0) is 4.79 Å². The molecular weight excluding hydrogens is 459 g/mol. The van der Waals surface area contributed by atoms with E-state index in [2.05, 4.69) is 10.6 Å². The molecule has 0 saturated heterocycles. The molecule has 0 heterocycles. The molecule has 3 rings (SSSR count). The van der Waals surface area contributed by atoms with Gasteiger partial charge >= 0.3 is 0 Å². The van der Waals surface area contributed by atoms with Crippen molar-refractivity contribution in [3.63, 3.8) is 0 Å². The predicted octanol–water partition coefficient (Wildman–Crippen LogP) is 6.61. The monoisotopic (exact) mass is 476 g/mol. The lowest BCUT2D eigenvalue weighted by molar-refractivity contribution is -0.122. The fraction of sp³-hybridized carbons (Fsp3) is 0.130. The summed E-state index contributed by atoms with van der Waals surface area (Å²) in [5.41, 5.74) is 2.35. The fourth-order valence-corrected chi connectivity index (χ4v) is 3.45. The van der Waals surface area contributed by atoms with E-state index >= 15 is 0 Å². The Morgan fingerprint density at radius 1 is 0.903 bits per heavy atom. The average molecular weight is 478 g/mol. The quantitative estimate of drug-likeness (QED) is 0.419. The Labute approximate surface area is 195 Å². The molecule has 3 aromatic rings. The highest BCUT2D eigenvalue weighted by Gasteiger charge is 2.16. The molecule has 0 radical (unpaired) electrons. The van der Waals surface area contributed by atoms with Crippen molar-refractivity contribution in [2.45, 2.75) is 20.0 Å². The number of carbonyl (C=O) groups excluding carboxylic acids is 2. The smallest absolute Gasteiger partial charge is 0.265 e. The first-order valence-corrected chi connectivity index (χ1v) is 10.5. The Balaban J connectivity index is 1.61. The predicted molar refractivity (Wildman–Crippen MR) is 126 cm³/mol. The highest BCUT2D eigenvalue weighted by Crippen LogP contribution is 2.25. The summed E-state index contributed by atoms with van der Waals surface area (Å²) in [4.78, 5) is 24.9. The van der Waals surface area contributed by atoms with Crippen LogP contribution in [0, 0.1) is 6.92 Å². The van der Waals surface area contributed by atoms with Crippen LogP contribution in [0.3, 0.4) is 0 Å². The average Bonchev–Trinajstić information content (AvgIpc) is 2.71. The van der Waals surface area contributed by atoms with Crippen LogP contribution in [0.2, 0.25) is 15.1 Å². The molecule has 2 amide bonds. The van der Waals surface area contributed by atoms with Crippen LogP contribution in [0.1, 0.15) is 22.8 Å². The van der Waals surface area contributed by atoms with Crippen LogP contribution >= 0.6 is 34.8 Å². The molecule has 0 spiro atoms. The number of benzene rings is 3. The molecule has 8 heteroatoms. The number of hydrogen-bond donors (Lipinski definition) is 2. The SMILES string of the molecule is Cc1c(Cl)cccc1NC(=O)c1ccc(OC(C)C(=O)Nc2cc(Cl)cc(Cl)c2)cc1. The molecule has 160 valence electrons. The number of amides is 2. The van der Waals surface area contributed by atoms with Gasteiger partial charge in [-0.1, -0.05) is 40.9 Å². The van der Waals surface area contributed by atoms with Crippen LogP contribution in [0.4, 0.5) is 11.4 Å². The fourth-order valence-electron chi connectivity index (χ4n) is 2.75. The Hall–Kier alpha value is -2.73. The number of anilines is 2. The molecule has 1 unspecified atom stereocenters. The van der Waals surface area contributed by atoms with Crippen molar-refractivity contribution in [1.29, 1.82) is 0 Å². The summed E-state index contributed by atoms with van der Waals surface area (Å²) in [5.74, 6) is -0.195. The molecule has 2 N–H and O–H groups in total. The normalized spacial score (nSPS) is 11.5. The zero-order valence-electron chi connectivity index (χ0n) is 16.7. The second-order valence-corrected chi connectivity index (χ2v) is 8.08. The van der Waals surface area contributed by atoms with Gasteiger partial charge in [0, 0.05) is 32.0 Å². The second-order valence-electron chi connectivity index (χ2n) is 6.80. The summed E-state index contributed by atoms with van der Waals surface area (Å²) < 4.78 is 5.67. The first-order chi connectivity index (χ1) is 14.7. The second kappa shape index (κ2) is 10.1. The maximum atomic E-state index is 12.5. The maximum Gasteiger partial charge on any atom is 0.265 e. The van der Waals surface area contributed by atoms with Crippen LogP contribution in [0.15, 0.2) is 60.7 Å². The van der Waals surface area contributed by atoms with E-state index in [-0.39, 0.29) is 11.8 Å². The summed E-state index contributed by atoms with van der Waals surface area (Å²) in [5, 5.41) is 6.94. The van der Waals surface area contributed by atoms with Crippen molar-refractivity contribution in [2.75, 3.05) is 10.6 Å². The van der Waals surface area contributed by atoms with Crippen molar-refractivity contribution >= 4 is 58.0 Å². The van der Waals surface area contributed by atoms with E-state index in [0.717, 1.165) is 5.56 Å². The molecule has 0 bridgehead atoms. The molecule has 0 aliphatic heterocycles. The third-order valence-electron chi connectivity index (χ3n) is 4.44. The molecule has 0 aliphatic carbocycles. The summed E-state index contributed by atoms with van der Waals surface area (Å²) >= 11 is 18.0. The van der Waals surface area contributed by atoms with Gasteiger partial charge in [0.2, 0.25) is 0 Å². The summed E-state index contributed by atoms with van der Waals surface area (Å²) in [7, 11) is 0. The van der Waals surface area contributed by atoms with Crippen LogP contribution in [0.5, 0.6) is 5.75 Å². The molecule has 1 atom stereocenters. The van der Waals surface area contributed by atoms with Crippen molar-refractivity contribution in [3.05, 3.63) is 86.9 Å². The highest BCUT2D eigenvalue weighted by atomic mass is 35.5. The minimum atomic E-state index is -0.786. The van der Waals surface area contributed by atoms with E-state index in [1.165, 1.54) is 0 Å². The van der Waals surface area contributed by atoms with Crippen LogP contribution < -0.4 is 15.4 Å². The van der Waals surface area contributed by atoms with E-state index in [9.17, 15) is 9.59 Å². The number of halogens is 3. The third-order valence-corrected chi connectivity index (χ3v) is 5.29. The molecular formula is C23H19Cl3N2O3. The van der Waals surface area contributed by atoms with Gasteiger partial charge in [-0.25, -0.2) is 0 Å². The van der Waals surface area contributed by atoms with Crippen molar-refractivity contribution in [3.8, 4) is 5.75 Å². The Morgan fingerprint density at radius 2 is 1.55 bits per heavy atom. The lowest BCUT2D eigenvalue weighted by Crippen LogP contribution is -2.30. The van der Waals surface area contributed by atoms with Gasteiger partial charge in [-0.15, -0.1) is 0 Å². The molecule has 0 saturated carbocycles. The van der Waals surface area contributed by atoms with E-state index < -0.39 is 6.10 Å². The largest absolute Gasteiger partial charge is 0.481 e. The number of rotatable bonds is 6. The van der Waals surface area contributed by atoms with Gasteiger partial charge in [-0.2, -0.15) is 0 Å². The molecule has 0 fully saturated rings. The van der Waals surface area contributed by atoms with Gasteiger partial charge in [0.05, 0.1) is 0 Å². The van der Waals surface area contributed by atoms with E-state index in [4.69, 9.17) is 39.5 Å². The Bertz CT molecular complexity index is 1100. The first-order valence-electron chi connectivity index (χ1n) is 9.33. The lowest BCUT2D eigenvalue weighted by atomic mass is 10.1. The molecule has 3 aromatic carbocycles. The highest BCUT2D eigenvalue weighted by molar-refractivity contribution is 6.35. The minimum Gasteiger partial charge on any atom is -0.481 e. The number of ether oxygens (including phenoxy) is 1. The summed E-state index contributed by atoms with van der Waals surface area (Å²) in [6, 6.07) is 16.5. The molecule has 0 aliphatic rings. The zero-order chi connectivity index (χ0) is 22.5. The molecule has 5 nitrogen and oxygen atoms in total. The topological polar surface area (TPSA) is 67.4 Å². The van der Waals surface area contributed by atoms with Crippen molar-refractivity contribution in [1.82, 2.24) is 0 Å². The third kappa shape index (κ3) is 6.14. The van der Waals surface area contributed by atoms with Crippen LogP contribution in [0.25, 0.3) is 0 Å². The first kappa shape index (κ1) is 22.9. The molecule has 31 heavy (non-hydrogen) atoms.